The Balaban J connectivity index is 1.73. The summed E-state index contributed by atoms with van der Waals surface area (Å²) in [4.78, 5) is 8.59. The maximum absolute atomic E-state index is 9.35. The molecule has 6 heteroatoms. The van der Waals surface area contributed by atoms with Gasteiger partial charge in [-0.05, 0) is 11.6 Å². The van der Waals surface area contributed by atoms with Crippen molar-refractivity contribution in [1.82, 2.24) is 9.97 Å². The Morgan fingerprint density at radius 3 is 2.72 bits per heavy atom. The number of nitriles is 1. The van der Waals surface area contributed by atoms with E-state index in [0.717, 1.165) is 22.2 Å². The zero-order valence-corrected chi connectivity index (χ0v) is 13.9. The first-order chi connectivity index (χ1) is 12.3. The summed E-state index contributed by atoms with van der Waals surface area (Å²) >= 11 is 0. The number of nitrogens with one attached hydrogen (secondary N) is 1. The molecule has 0 bridgehead atoms. The molecule has 0 saturated carbocycles. The number of pyridine rings is 2. The largest absolute Gasteiger partial charge is 0.475 e. The number of methoxy groups -OCH3 is 1. The second-order valence-corrected chi connectivity index (χ2v) is 5.38. The van der Waals surface area contributed by atoms with Crippen LogP contribution in [0.1, 0.15) is 11.1 Å². The predicted octanol–water partition coefficient (Wildman–Crippen LogP) is 3.14. The van der Waals surface area contributed by atoms with E-state index in [1.807, 2.05) is 36.4 Å². The van der Waals surface area contributed by atoms with Gasteiger partial charge in [-0.1, -0.05) is 24.3 Å². The second kappa shape index (κ2) is 8.08. The number of fused-ring (bicyclic) bond motifs is 1. The standard InChI is InChI=1S/C19H18N4O2/c1-24-8-9-25-18-7-6-14(11-22-18)12-23-19-15(10-20)13-21-17-5-3-2-4-16(17)19/h2-7,11,13H,8-9,12H2,1H3,(H,21,23). The summed E-state index contributed by atoms with van der Waals surface area (Å²) in [5, 5.41) is 13.6. The molecule has 0 saturated heterocycles. The van der Waals surface area contributed by atoms with Crippen LogP contribution in [-0.2, 0) is 11.3 Å². The van der Waals surface area contributed by atoms with Gasteiger partial charge in [0.2, 0.25) is 5.88 Å². The van der Waals surface area contributed by atoms with Crippen molar-refractivity contribution >= 4 is 16.6 Å². The maximum atomic E-state index is 9.35. The normalized spacial score (nSPS) is 10.4. The molecule has 0 spiro atoms. The lowest BCUT2D eigenvalue weighted by Crippen LogP contribution is -2.06. The highest BCUT2D eigenvalue weighted by atomic mass is 16.5. The summed E-state index contributed by atoms with van der Waals surface area (Å²) in [6.07, 6.45) is 3.35. The molecule has 126 valence electrons. The topological polar surface area (TPSA) is 80.1 Å². The van der Waals surface area contributed by atoms with Crippen LogP contribution in [0.3, 0.4) is 0 Å². The average molecular weight is 334 g/mol. The van der Waals surface area contributed by atoms with E-state index in [0.29, 0.717) is 31.2 Å². The highest BCUT2D eigenvalue weighted by Crippen LogP contribution is 2.25. The molecule has 0 amide bonds. The monoisotopic (exact) mass is 334 g/mol. The van der Waals surface area contributed by atoms with E-state index in [1.54, 1.807) is 19.5 Å². The number of nitrogens with zero attached hydrogens (tertiary/aromatic N) is 3. The third-order valence-electron chi connectivity index (χ3n) is 3.70. The van der Waals surface area contributed by atoms with Gasteiger partial charge in [0.25, 0.3) is 0 Å². The van der Waals surface area contributed by atoms with E-state index in [9.17, 15) is 5.26 Å². The number of para-hydroxylation sites is 1. The second-order valence-electron chi connectivity index (χ2n) is 5.38. The molecule has 1 aromatic carbocycles. The van der Waals surface area contributed by atoms with Crippen molar-refractivity contribution in [2.24, 2.45) is 0 Å². The zero-order valence-electron chi connectivity index (χ0n) is 13.9. The lowest BCUT2D eigenvalue weighted by Gasteiger charge is -2.11. The quantitative estimate of drug-likeness (QED) is 0.669. The van der Waals surface area contributed by atoms with Gasteiger partial charge in [0, 0.05) is 37.5 Å². The molecule has 0 radical (unpaired) electrons. The average Bonchev–Trinajstić information content (AvgIpc) is 2.67. The minimum atomic E-state index is 0.468. The smallest absolute Gasteiger partial charge is 0.213 e. The summed E-state index contributed by atoms with van der Waals surface area (Å²) in [5.41, 5.74) is 3.15. The summed E-state index contributed by atoms with van der Waals surface area (Å²) in [7, 11) is 1.63. The number of benzene rings is 1. The van der Waals surface area contributed by atoms with Crippen LogP contribution in [0.25, 0.3) is 10.9 Å². The minimum absolute atomic E-state index is 0.468. The number of hydrogen-bond donors (Lipinski definition) is 1. The Hall–Kier alpha value is -3.17. The molecule has 0 aliphatic heterocycles. The van der Waals surface area contributed by atoms with Crippen LogP contribution in [0.2, 0.25) is 0 Å². The summed E-state index contributed by atoms with van der Waals surface area (Å²) < 4.78 is 10.4. The van der Waals surface area contributed by atoms with Gasteiger partial charge in [-0.25, -0.2) is 4.98 Å². The maximum Gasteiger partial charge on any atom is 0.213 e. The van der Waals surface area contributed by atoms with Crippen molar-refractivity contribution in [1.29, 1.82) is 5.26 Å². The Labute approximate surface area is 146 Å². The van der Waals surface area contributed by atoms with Crippen molar-refractivity contribution in [3.05, 3.63) is 59.9 Å². The fourth-order valence-electron chi connectivity index (χ4n) is 2.44. The fraction of sp³-hybridized carbons (Fsp3) is 0.211. The number of rotatable bonds is 7. The Kier molecular flexibility index (Phi) is 5.39. The zero-order chi connectivity index (χ0) is 17.5. The predicted molar refractivity (Wildman–Crippen MR) is 95.4 cm³/mol. The highest BCUT2D eigenvalue weighted by molar-refractivity contribution is 5.93. The highest BCUT2D eigenvalue weighted by Gasteiger charge is 2.08. The van der Waals surface area contributed by atoms with Gasteiger partial charge in [0.05, 0.1) is 23.4 Å². The molecule has 3 rings (SSSR count). The SMILES string of the molecule is COCCOc1ccc(CNc2c(C#N)cnc3ccccc23)cn1. The van der Waals surface area contributed by atoms with Crippen LogP contribution in [0.5, 0.6) is 5.88 Å². The van der Waals surface area contributed by atoms with E-state index in [2.05, 4.69) is 21.4 Å². The lowest BCUT2D eigenvalue weighted by molar-refractivity contribution is 0.143. The van der Waals surface area contributed by atoms with Crippen molar-refractivity contribution in [3.8, 4) is 11.9 Å². The van der Waals surface area contributed by atoms with Gasteiger partial charge in [0.1, 0.15) is 12.7 Å². The van der Waals surface area contributed by atoms with Crippen LogP contribution in [0, 0.1) is 11.3 Å². The summed E-state index contributed by atoms with van der Waals surface area (Å²) in [6, 6.07) is 13.7. The number of hydrogen-bond acceptors (Lipinski definition) is 6. The fourth-order valence-corrected chi connectivity index (χ4v) is 2.44. The molecule has 0 aliphatic carbocycles. The molecule has 0 fully saturated rings. The van der Waals surface area contributed by atoms with Gasteiger partial charge < -0.3 is 14.8 Å². The van der Waals surface area contributed by atoms with E-state index >= 15 is 0 Å². The summed E-state index contributed by atoms with van der Waals surface area (Å²) in [5.74, 6) is 0.563. The molecule has 3 aromatic rings. The number of ether oxygens (including phenoxy) is 2. The first-order valence-corrected chi connectivity index (χ1v) is 7.90. The van der Waals surface area contributed by atoms with Crippen LogP contribution in [-0.4, -0.2) is 30.3 Å². The van der Waals surface area contributed by atoms with Crippen molar-refractivity contribution in [2.45, 2.75) is 6.54 Å². The van der Waals surface area contributed by atoms with Crippen LogP contribution in [0.15, 0.2) is 48.8 Å². The van der Waals surface area contributed by atoms with Crippen molar-refractivity contribution in [2.75, 3.05) is 25.6 Å². The summed E-state index contributed by atoms with van der Waals surface area (Å²) in [6.45, 7) is 1.54. The molecule has 1 N–H and O–H groups in total. The minimum Gasteiger partial charge on any atom is -0.475 e. The Morgan fingerprint density at radius 1 is 1.08 bits per heavy atom. The van der Waals surface area contributed by atoms with Crippen LogP contribution in [0.4, 0.5) is 5.69 Å². The molecule has 0 atom stereocenters. The molecule has 0 aliphatic rings. The van der Waals surface area contributed by atoms with Gasteiger partial charge in [-0.3, -0.25) is 4.98 Å². The van der Waals surface area contributed by atoms with Crippen LogP contribution >= 0.6 is 0 Å². The first kappa shape index (κ1) is 16.7. The number of anilines is 1. The van der Waals surface area contributed by atoms with E-state index in [1.165, 1.54) is 0 Å². The number of aromatic nitrogens is 2. The molecule has 0 unspecified atom stereocenters. The lowest BCUT2D eigenvalue weighted by atomic mass is 10.1. The van der Waals surface area contributed by atoms with Gasteiger partial charge in [-0.2, -0.15) is 5.26 Å². The first-order valence-electron chi connectivity index (χ1n) is 7.90. The molecular formula is C19H18N4O2. The Morgan fingerprint density at radius 2 is 1.96 bits per heavy atom. The third-order valence-corrected chi connectivity index (χ3v) is 3.70. The molecule has 6 nitrogen and oxygen atoms in total. The molecule has 25 heavy (non-hydrogen) atoms. The van der Waals surface area contributed by atoms with Crippen molar-refractivity contribution in [3.63, 3.8) is 0 Å². The van der Waals surface area contributed by atoms with Gasteiger partial charge in [0.15, 0.2) is 0 Å². The van der Waals surface area contributed by atoms with E-state index in [4.69, 9.17) is 9.47 Å². The van der Waals surface area contributed by atoms with Crippen molar-refractivity contribution < 1.29 is 9.47 Å². The van der Waals surface area contributed by atoms with E-state index < -0.39 is 0 Å². The van der Waals surface area contributed by atoms with E-state index in [-0.39, 0.29) is 0 Å². The molecule has 2 aromatic heterocycles. The van der Waals surface area contributed by atoms with Gasteiger partial charge in [-0.15, -0.1) is 0 Å². The Bertz CT molecular complexity index is 888. The molecule has 2 heterocycles. The van der Waals surface area contributed by atoms with Crippen LogP contribution < -0.4 is 10.1 Å². The third kappa shape index (κ3) is 4.03. The van der Waals surface area contributed by atoms with Gasteiger partial charge >= 0.3 is 0 Å². The molecular weight excluding hydrogens is 316 g/mol.